The van der Waals surface area contributed by atoms with E-state index in [1.807, 2.05) is 0 Å². The summed E-state index contributed by atoms with van der Waals surface area (Å²) in [6, 6.07) is 4.01. The van der Waals surface area contributed by atoms with Gasteiger partial charge in [0.1, 0.15) is 18.0 Å². The molecule has 0 aromatic heterocycles. The molecule has 1 aliphatic carbocycles. The number of nitrogens with zero attached hydrogens (tertiary/aromatic N) is 2. The van der Waals surface area contributed by atoms with Crippen LogP contribution in [0, 0.1) is 10.1 Å². The van der Waals surface area contributed by atoms with E-state index in [4.69, 9.17) is 9.47 Å². The molecule has 0 unspecified atom stereocenters. The zero-order valence-corrected chi connectivity index (χ0v) is 13.2. The normalized spacial score (nSPS) is 14.6. The van der Waals surface area contributed by atoms with E-state index in [1.165, 1.54) is 25.2 Å². The van der Waals surface area contributed by atoms with Gasteiger partial charge < -0.3 is 9.47 Å². The van der Waals surface area contributed by atoms with Crippen LogP contribution in [0.1, 0.15) is 12.8 Å². The molecule has 1 fully saturated rings. The van der Waals surface area contributed by atoms with Crippen LogP contribution < -0.4 is 9.04 Å². The Morgan fingerprint density at radius 1 is 1.36 bits per heavy atom. The quantitative estimate of drug-likeness (QED) is 0.407. The van der Waals surface area contributed by atoms with Crippen LogP contribution in [0.15, 0.2) is 18.2 Å². The fourth-order valence-electron chi connectivity index (χ4n) is 1.79. The van der Waals surface area contributed by atoms with Crippen molar-refractivity contribution in [3.8, 4) is 5.75 Å². The average molecular weight is 330 g/mol. The molecule has 0 heterocycles. The highest BCUT2D eigenvalue weighted by atomic mass is 32.2. The van der Waals surface area contributed by atoms with Crippen molar-refractivity contribution in [3.63, 3.8) is 0 Å². The topological polar surface area (TPSA) is 99.0 Å². The van der Waals surface area contributed by atoms with Crippen LogP contribution in [0.4, 0.5) is 11.4 Å². The maximum atomic E-state index is 11.6. The first kappa shape index (κ1) is 16.5. The van der Waals surface area contributed by atoms with Crippen LogP contribution in [-0.4, -0.2) is 46.0 Å². The zero-order valence-electron chi connectivity index (χ0n) is 12.4. The third kappa shape index (κ3) is 4.31. The number of rotatable bonds is 8. The summed E-state index contributed by atoms with van der Waals surface area (Å²) in [6.45, 7) is 0.731. The zero-order chi connectivity index (χ0) is 16.3. The second kappa shape index (κ2) is 6.49. The van der Waals surface area contributed by atoms with Gasteiger partial charge in [0.05, 0.1) is 23.9 Å². The van der Waals surface area contributed by atoms with Crippen LogP contribution in [-0.2, 0) is 14.8 Å². The summed E-state index contributed by atoms with van der Waals surface area (Å²) in [5.74, 6) is 0.357. The highest BCUT2D eigenvalue weighted by molar-refractivity contribution is 7.92. The van der Waals surface area contributed by atoms with Gasteiger partial charge >= 0.3 is 0 Å². The molecule has 1 saturated carbocycles. The Morgan fingerprint density at radius 3 is 2.59 bits per heavy atom. The molecule has 0 saturated heterocycles. The van der Waals surface area contributed by atoms with Gasteiger partial charge in [-0.2, -0.15) is 0 Å². The maximum Gasteiger partial charge on any atom is 0.293 e. The standard InChI is InChI=1S/C13H18N2O6S/c1-14(22(2,18)19)13-9-11(5-6-12(13)15(16)17)21-8-7-20-10-3-4-10/h5-6,9-10H,3-4,7-8H2,1-2H3. The van der Waals surface area contributed by atoms with Gasteiger partial charge in [0, 0.05) is 19.2 Å². The lowest BCUT2D eigenvalue weighted by Gasteiger charge is -2.17. The molecule has 9 heteroatoms. The van der Waals surface area contributed by atoms with Gasteiger partial charge in [-0.1, -0.05) is 0 Å². The lowest BCUT2D eigenvalue weighted by Crippen LogP contribution is -2.25. The van der Waals surface area contributed by atoms with Crippen molar-refractivity contribution in [1.82, 2.24) is 0 Å². The smallest absolute Gasteiger partial charge is 0.293 e. The highest BCUT2D eigenvalue weighted by Crippen LogP contribution is 2.32. The summed E-state index contributed by atoms with van der Waals surface area (Å²) < 4.78 is 34.9. The number of hydrogen-bond acceptors (Lipinski definition) is 6. The van der Waals surface area contributed by atoms with Gasteiger partial charge in [-0.05, 0) is 18.9 Å². The predicted octanol–water partition coefficient (Wildman–Crippen LogP) is 1.55. The Labute approximate surface area is 128 Å². The van der Waals surface area contributed by atoms with E-state index in [2.05, 4.69) is 0 Å². The van der Waals surface area contributed by atoms with E-state index < -0.39 is 14.9 Å². The van der Waals surface area contributed by atoms with E-state index in [0.717, 1.165) is 23.4 Å². The highest BCUT2D eigenvalue weighted by Gasteiger charge is 2.24. The molecule has 0 amide bonds. The third-order valence-electron chi connectivity index (χ3n) is 3.21. The van der Waals surface area contributed by atoms with Crippen molar-refractivity contribution < 1.29 is 22.8 Å². The monoisotopic (exact) mass is 330 g/mol. The van der Waals surface area contributed by atoms with E-state index in [1.54, 1.807) is 0 Å². The third-order valence-corrected chi connectivity index (χ3v) is 4.40. The number of ether oxygens (including phenoxy) is 2. The Bertz CT molecular complexity index is 656. The van der Waals surface area contributed by atoms with Crippen molar-refractivity contribution >= 4 is 21.4 Å². The summed E-state index contributed by atoms with van der Waals surface area (Å²) >= 11 is 0. The molecule has 0 atom stereocenters. The predicted molar refractivity (Wildman–Crippen MR) is 80.8 cm³/mol. The number of sulfonamides is 1. The van der Waals surface area contributed by atoms with Crippen LogP contribution in [0.3, 0.4) is 0 Å². The fraction of sp³-hybridized carbons (Fsp3) is 0.538. The summed E-state index contributed by atoms with van der Waals surface area (Å²) in [4.78, 5) is 10.4. The minimum absolute atomic E-state index is 0.0342. The Balaban J connectivity index is 2.13. The molecule has 0 N–H and O–H groups in total. The first-order valence-corrected chi connectivity index (χ1v) is 8.60. The first-order chi connectivity index (χ1) is 10.3. The Morgan fingerprint density at radius 2 is 2.05 bits per heavy atom. The van der Waals surface area contributed by atoms with Gasteiger partial charge in [-0.15, -0.1) is 0 Å². The second-order valence-electron chi connectivity index (χ2n) is 5.06. The molecule has 1 aliphatic rings. The molecular formula is C13H18N2O6S. The molecular weight excluding hydrogens is 312 g/mol. The van der Waals surface area contributed by atoms with Crippen LogP contribution in [0.25, 0.3) is 0 Å². The van der Waals surface area contributed by atoms with Crippen molar-refractivity contribution in [3.05, 3.63) is 28.3 Å². The number of nitro benzene ring substituents is 1. The molecule has 1 aromatic rings. The molecule has 0 spiro atoms. The summed E-state index contributed by atoms with van der Waals surface area (Å²) in [5, 5.41) is 11.0. The average Bonchev–Trinajstić information content (AvgIpc) is 3.25. The minimum atomic E-state index is -3.61. The molecule has 0 aliphatic heterocycles. The molecule has 1 aromatic carbocycles. The Kier molecular flexibility index (Phi) is 4.87. The maximum absolute atomic E-state index is 11.6. The van der Waals surface area contributed by atoms with Crippen molar-refractivity contribution in [2.75, 3.05) is 30.8 Å². The molecule has 122 valence electrons. The SMILES string of the molecule is CN(c1cc(OCCOC2CC2)ccc1[N+](=O)[O-])S(C)(=O)=O. The van der Waals surface area contributed by atoms with E-state index in [0.29, 0.717) is 25.1 Å². The molecule has 0 radical (unpaired) electrons. The number of benzene rings is 1. The van der Waals surface area contributed by atoms with Gasteiger partial charge in [-0.3, -0.25) is 14.4 Å². The number of anilines is 1. The number of hydrogen-bond donors (Lipinski definition) is 0. The van der Waals surface area contributed by atoms with Crippen LogP contribution >= 0.6 is 0 Å². The summed E-state index contributed by atoms with van der Waals surface area (Å²) in [5.41, 5.74) is -0.331. The number of nitro groups is 1. The van der Waals surface area contributed by atoms with Crippen molar-refractivity contribution in [2.24, 2.45) is 0 Å². The largest absolute Gasteiger partial charge is 0.491 e. The Hall–Kier alpha value is -1.87. The molecule has 8 nitrogen and oxygen atoms in total. The van der Waals surface area contributed by atoms with E-state index in [-0.39, 0.29) is 11.4 Å². The van der Waals surface area contributed by atoms with Crippen molar-refractivity contribution in [2.45, 2.75) is 18.9 Å². The lowest BCUT2D eigenvalue weighted by atomic mass is 10.2. The minimum Gasteiger partial charge on any atom is -0.491 e. The van der Waals surface area contributed by atoms with Gasteiger partial charge in [0.25, 0.3) is 5.69 Å². The van der Waals surface area contributed by atoms with E-state index in [9.17, 15) is 18.5 Å². The molecule has 22 heavy (non-hydrogen) atoms. The van der Waals surface area contributed by atoms with Crippen molar-refractivity contribution in [1.29, 1.82) is 0 Å². The second-order valence-corrected chi connectivity index (χ2v) is 7.07. The van der Waals surface area contributed by atoms with Crippen LogP contribution in [0.2, 0.25) is 0 Å². The summed E-state index contributed by atoms with van der Waals surface area (Å²) in [7, 11) is -2.35. The lowest BCUT2D eigenvalue weighted by molar-refractivity contribution is -0.384. The fourth-order valence-corrected chi connectivity index (χ4v) is 2.29. The van der Waals surface area contributed by atoms with Crippen LogP contribution in [0.5, 0.6) is 5.75 Å². The van der Waals surface area contributed by atoms with Gasteiger partial charge in [0.2, 0.25) is 10.0 Å². The van der Waals surface area contributed by atoms with E-state index >= 15 is 0 Å². The first-order valence-electron chi connectivity index (χ1n) is 6.76. The summed E-state index contributed by atoms with van der Waals surface area (Å²) in [6.07, 6.45) is 3.45. The van der Waals surface area contributed by atoms with Gasteiger partial charge in [0.15, 0.2) is 0 Å². The molecule has 0 bridgehead atoms. The molecule has 2 rings (SSSR count). The van der Waals surface area contributed by atoms with Gasteiger partial charge in [-0.25, -0.2) is 8.42 Å².